The number of para-hydroxylation sites is 1. The Hall–Kier alpha value is -2.65. The van der Waals surface area contributed by atoms with Crippen LogP contribution in [0.3, 0.4) is 0 Å². The van der Waals surface area contributed by atoms with Crippen molar-refractivity contribution in [1.82, 2.24) is 9.88 Å². The van der Waals surface area contributed by atoms with Crippen LogP contribution in [0.1, 0.15) is 11.3 Å². The third kappa shape index (κ3) is 4.12. The van der Waals surface area contributed by atoms with E-state index in [1.165, 1.54) is 28.0 Å². The summed E-state index contributed by atoms with van der Waals surface area (Å²) in [6, 6.07) is 6.96. The van der Waals surface area contributed by atoms with Gasteiger partial charge in [-0.1, -0.05) is 18.2 Å². The summed E-state index contributed by atoms with van der Waals surface area (Å²) in [7, 11) is 1.66. The first kappa shape index (κ1) is 18.2. The summed E-state index contributed by atoms with van der Waals surface area (Å²) in [6.45, 7) is 1.44. The van der Waals surface area contributed by atoms with Crippen molar-refractivity contribution in [2.24, 2.45) is 4.99 Å². The smallest absolute Gasteiger partial charge is 0.341 e. The highest BCUT2D eigenvalue weighted by Crippen LogP contribution is 2.35. The van der Waals surface area contributed by atoms with E-state index in [0.717, 1.165) is 5.69 Å². The topological polar surface area (TPSA) is 92.1 Å². The van der Waals surface area contributed by atoms with Crippen LogP contribution in [0.2, 0.25) is 0 Å². The Bertz CT molecular complexity index is 920. The summed E-state index contributed by atoms with van der Waals surface area (Å²) >= 11 is 2.65. The average Bonchev–Trinajstić information content (AvgIpc) is 3.13. The number of thioether (sulfide) groups is 1. The molecular formula is C17H15N3O4S2. The summed E-state index contributed by atoms with van der Waals surface area (Å²) in [4.78, 5) is 33.9. The molecule has 26 heavy (non-hydrogen) atoms. The Morgan fingerprint density at radius 1 is 1.42 bits per heavy atom. The van der Waals surface area contributed by atoms with Crippen molar-refractivity contribution in [2.45, 2.75) is 6.92 Å². The highest BCUT2D eigenvalue weighted by molar-refractivity contribution is 8.18. The Morgan fingerprint density at radius 3 is 2.88 bits per heavy atom. The molecule has 2 aromatic rings. The SMILES string of the molecule is Cc1csc(/N=C2/S/C(=C/c3ccccc3OCC(=O)O)C(=O)N2C)n1. The van der Waals surface area contributed by atoms with Crippen molar-refractivity contribution in [3.63, 3.8) is 0 Å². The molecule has 0 atom stereocenters. The molecule has 1 N–H and O–H groups in total. The molecule has 1 aromatic heterocycles. The van der Waals surface area contributed by atoms with Gasteiger partial charge in [0.15, 0.2) is 11.8 Å². The molecule has 0 spiro atoms. The number of nitrogens with zero attached hydrogens (tertiary/aromatic N) is 3. The number of carboxylic acids is 1. The Balaban J connectivity index is 1.87. The molecule has 1 amide bonds. The first-order valence-electron chi connectivity index (χ1n) is 7.56. The van der Waals surface area contributed by atoms with Crippen LogP contribution >= 0.6 is 23.1 Å². The minimum Gasteiger partial charge on any atom is -0.481 e. The number of carboxylic acid groups (broad SMARTS) is 1. The molecule has 3 rings (SSSR count). The van der Waals surface area contributed by atoms with Gasteiger partial charge in [0.2, 0.25) is 5.13 Å². The quantitative estimate of drug-likeness (QED) is 0.790. The molecule has 1 aliphatic rings. The summed E-state index contributed by atoms with van der Waals surface area (Å²) in [6.07, 6.45) is 1.68. The molecule has 134 valence electrons. The maximum absolute atomic E-state index is 12.5. The molecule has 9 heteroatoms. The molecule has 0 unspecified atom stereocenters. The van der Waals surface area contributed by atoms with Gasteiger partial charge in [-0.3, -0.25) is 9.69 Å². The first-order valence-corrected chi connectivity index (χ1v) is 9.25. The molecule has 1 aliphatic heterocycles. The second kappa shape index (κ2) is 7.71. The predicted molar refractivity (Wildman–Crippen MR) is 102 cm³/mol. The molecule has 0 saturated carbocycles. The molecule has 2 heterocycles. The van der Waals surface area contributed by atoms with Gasteiger partial charge in [-0.15, -0.1) is 11.3 Å². The maximum atomic E-state index is 12.5. The molecule has 0 aliphatic carbocycles. The molecule has 7 nitrogen and oxygen atoms in total. The Labute approximate surface area is 158 Å². The number of rotatable bonds is 5. The van der Waals surface area contributed by atoms with Crippen LogP contribution in [-0.2, 0) is 9.59 Å². The van der Waals surface area contributed by atoms with E-state index in [4.69, 9.17) is 9.84 Å². The highest BCUT2D eigenvalue weighted by atomic mass is 32.2. The van der Waals surface area contributed by atoms with Gasteiger partial charge in [0.1, 0.15) is 5.75 Å². The van der Waals surface area contributed by atoms with Crippen molar-refractivity contribution in [3.05, 3.63) is 45.8 Å². The second-order valence-corrected chi connectivity index (χ2v) is 7.21. The zero-order valence-corrected chi connectivity index (χ0v) is 15.6. The van der Waals surface area contributed by atoms with Crippen molar-refractivity contribution in [1.29, 1.82) is 0 Å². The number of amidine groups is 1. The zero-order valence-electron chi connectivity index (χ0n) is 14.0. The lowest BCUT2D eigenvalue weighted by Gasteiger charge is -2.07. The fraction of sp³-hybridized carbons (Fsp3) is 0.176. The van der Waals surface area contributed by atoms with Gasteiger partial charge in [-0.25, -0.2) is 9.78 Å². The number of carbonyl (C=O) groups excluding carboxylic acids is 1. The molecule has 0 bridgehead atoms. The standard InChI is InChI=1S/C17H15N3O4S2/c1-10-9-25-16(18-10)19-17-20(2)15(23)13(26-17)7-11-5-3-4-6-12(11)24-8-14(21)22/h3-7,9H,8H2,1-2H3,(H,21,22)/b13-7+,19-17+. The summed E-state index contributed by atoms with van der Waals surface area (Å²) in [5.41, 5.74) is 1.51. The van der Waals surface area contributed by atoms with Crippen LogP contribution in [0, 0.1) is 6.92 Å². The molecule has 0 radical (unpaired) electrons. The van der Waals surface area contributed by atoms with E-state index < -0.39 is 12.6 Å². The number of hydrogen-bond donors (Lipinski definition) is 1. The van der Waals surface area contributed by atoms with Crippen molar-refractivity contribution in [2.75, 3.05) is 13.7 Å². The third-order valence-electron chi connectivity index (χ3n) is 3.36. The number of amides is 1. The number of ether oxygens (including phenoxy) is 1. The fourth-order valence-corrected chi connectivity index (χ4v) is 3.82. The number of thiazole rings is 1. The number of aryl methyl sites for hydroxylation is 1. The Morgan fingerprint density at radius 2 is 2.19 bits per heavy atom. The zero-order chi connectivity index (χ0) is 18.7. The lowest BCUT2D eigenvalue weighted by Crippen LogP contribution is -2.23. The number of aliphatic carboxylic acids is 1. The van der Waals surface area contributed by atoms with Gasteiger partial charge in [0.25, 0.3) is 5.91 Å². The van der Waals surface area contributed by atoms with Crippen molar-refractivity contribution in [3.8, 4) is 5.75 Å². The van der Waals surface area contributed by atoms with Gasteiger partial charge in [0, 0.05) is 18.0 Å². The van der Waals surface area contributed by atoms with Gasteiger partial charge in [-0.2, -0.15) is 4.99 Å². The molecule has 1 fully saturated rings. The van der Waals surface area contributed by atoms with Crippen LogP contribution in [0.15, 0.2) is 39.5 Å². The van der Waals surface area contributed by atoms with E-state index in [2.05, 4.69) is 9.98 Å². The van der Waals surface area contributed by atoms with E-state index in [-0.39, 0.29) is 5.91 Å². The van der Waals surface area contributed by atoms with Gasteiger partial charge >= 0.3 is 5.97 Å². The molecule has 1 aromatic carbocycles. The van der Waals surface area contributed by atoms with Gasteiger partial charge < -0.3 is 9.84 Å². The van der Waals surface area contributed by atoms with Crippen molar-refractivity contribution < 1.29 is 19.4 Å². The monoisotopic (exact) mass is 389 g/mol. The number of benzene rings is 1. The van der Waals surface area contributed by atoms with E-state index in [1.54, 1.807) is 37.4 Å². The number of aliphatic imine (C=N–C) groups is 1. The number of likely N-dealkylation sites (N-methyl/N-ethyl adjacent to an activating group) is 1. The first-order chi connectivity index (χ1) is 12.4. The van der Waals surface area contributed by atoms with Crippen LogP contribution in [0.5, 0.6) is 5.75 Å². The summed E-state index contributed by atoms with van der Waals surface area (Å²) in [5.74, 6) is -0.846. The van der Waals surface area contributed by atoms with Crippen LogP contribution in [-0.4, -0.2) is 45.7 Å². The number of carbonyl (C=O) groups is 2. The van der Waals surface area contributed by atoms with E-state index >= 15 is 0 Å². The van der Waals surface area contributed by atoms with E-state index in [0.29, 0.717) is 26.5 Å². The molecular weight excluding hydrogens is 374 g/mol. The van der Waals surface area contributed by atoms with Crippen LogP contribution < -0.4 is 4.74 Å². The third-order valence-corrected chi connectivity index (χ3v) is 5.27. The predicted octanol–water partition coefficient (Wildman–Crippen LogP) is 3.15. The minimum absolute atomic E-state index is 0.185. The lowest BCUT2D eigenvalue weighted by atomic mass is 10.2. The number of hydrogen-bond acceptors (Lipinski definition) is 7. The fourth-order valence-electron chi connectivity index (χ4n) is 2.14. The minimum atomic E-state index is -1.06. The normalized spacial score (nSPS) is 17.3. The van der Waals surface area contributed by atoms with E-state index in [9.17, 15) is 9.59 Å². The average molecular weight is 389 g/mol. The maximum Gasteiger partial charge on any atom is 0.341 e. The van der Waals surface area contributed by atoms with Gasteiger partial charge in [-0.05, 0) is 30.8 Å². The molecule has 1 saturated heterocycles. The number of aromatic nitrogens is 1. The van der Waals surface area contributed by atoms with Crippen LogP contribution in [0.4, 0.5) is 5.13 Å². The largest absolute Gasteiger partial charge is 0.481 e. The second-order valence-electron chi connectivity index (χ2n) is 5.36. The lowest BCUT2D eigenvalue weighted by molar-refractivity contribution is -0.139. The Kier molecular flexibility index (Phi) is 5.38. The van der Waals surface area contributed by atoms with Crippen molar-refractivity contribution >= 4 is 51.4 Å². The summed E-state index contributed by atoms with van der Waals surface area (Å²) < 4.78 is 5.28. The van der Waals surface area contributed by atoms with Gasteiger partial charge in [0.05, 0.1) is 10.6 Å². The van der Waals surface area contributed by atoms with E-state index in [1.807, 2.05) is 12.3 Å². The summed E-state index contributed by atoms with van der Waals surface area (Å²) in [5, 5.41) is 11.8. The van der Waals surface area contributed by atoms with Crippen LogP contribution in [0.25, 0.3) is 6.08 Å². The highest BCUT2D eigenvalue weighted by Gasteiger charge is 2.31.